The normalized spacial score (nSPS) is 29.9. The van der Waals surface area contributed by atoms with Crippen LogP contribution in [-0.2, 0) is 9.59 Å². The number of amides is 2. The third-order valence-electron chi connectivity index (χ3n) is 3.58. The Bertz CT molecular complexity index is 472. The molecule has 2 amide bonds. The topological polar surface area (TPSA) is 93.8 Å². The Hall–Kier alpha value is -2.14. The van der Waals surface area contributed by atoms with E-state index in [0.29, 0.717) is 12.8 Å². The maximum Gasteiger partial charge on any atom is 0.244 e. The van der Waals surface area contributed by atoms with Crippen LogP contribution in [0.3, 0.4) is 0 Å². The molecular formula is C14H17N3O2. The summed E-state index contributed by atoms with van der Waals surface area (Å²) in [7, 11) is 0. The average Bonchev–Trinajstić information content (AvgIpc) is 2.28. The van der Waals surface area contributed by atoms with Crippen LogP contribution >= 0.6 is 0 Å². The van der Waals surface area contributed by atoms with E-state index >= 15 is 0 Å². The molecule has 0 aliphatic carbocycles. The van der Waals surface area contributed by atoms with Crippen molar-refractivity contribution in [2.24, 2.45) is 17.3 Å². The summed E-state index contributed by atoms with van der Waals surface area (Å²) in [5.41, 5.74) is 0.187. The van der Waals surface area contributed by atoms with Gasteiger partial charge in [0.1, 0.15) is 11.8 Å². The maximum atomic E-state index is 11.7. The molecule has 0 bridgehead atoms. The Labute approximate surface area is 112 Å². The second-order valence-corrected chi connectivity index (χ2v) is 5.30. The zero-order valence-corrected chi connectivity index (χ0v) is 11.4. The smallest absolute Gasteiger partial charge is 0.244 e. The van der Waals surface area contributed by atoms with Crippen molar-refractivity contribution in [3.8, 4) is 12.1 Å². The number of hydrogen-bond donors (Lipinski definition) is 1. The van der Waals surface area contributed by atoms with E-state index < -0.39 is 29.1 Å². The van der Waals surface area contributed by atoms with Crippen LogP contribution in [0.4, 0.5) is 0 Å². The molecule has 19 heavy (non-hydrogen) atoms. The molecule has 2 unspecified atom stereocenters. The van der Waals surface area contributed by atoms with Crippen LogP contribution in [0.2, 0.25) is 0 Å². The minimum absolute atomic E-state index is 0.452. The standard InChI is InChI=1S/C14H17N3O2/c1-9(2)5-4-6-14(3)10(7-15)12(18)17-13(19)11(14)8-16/h5,10-11H,4,6H2,1-3H3,(H,17,18,19). The number of carbonyl (C=O) groups is 2. The number of imide groups is 1. The Balaban J connectivity index is 3.09. The molecule has 1 aliphatic rings. The molecule has 1 fully saturated rings. The highest BCUT2D eigenvalue weighted by Crippen LogP contribution is 2.42. The molecule has 0 aromatic carbocycles. The summed E-state index contributed by atoms with van der Waals surface area (Å²) in [6.07, 6.45) is 3.06. The minimum atomic E-state index is -0.972. The van der Waals surface area contributed by atoms with Gasteiger partial charge < -0.3 is 0 Å². The lowest BCUT2D eigenvalue weighted by atomic mass is 9.63. The average molecular weight is 259 g/mol. The minimum Gasteiger partial charge on any atom is -0.294 e. The molecular weight excluding hydrogens is 242 g/mol. The zero-order chi connectivity index (χ0) is 14.6. The van der Waals surface area contributed by atoms with Crippen molar-refractivity contribution in [2.45, 2.75) is 33.6 Å². The second kappa shape index (κ2) is 5.67. The van der Waals surface area contributed by atoms with Crippen molar-refractivity contribution in [3.63, 3.8) is 0 Å². The number of carbonyl (C=O) groups excluding carboxylic acids is 2. The van der Waals surface area contributed by atoms with Gasteiger partial charge >= 0.3 is 0 Å². The molecule has 2 atom stereocenters. The Morgan fingerprint density at radius 2 is 1.74 bits per heavy atom. The third-order valence-corrected chi connectivity index (χ3v) is 3.58. The zero-order valence-electron chi connectivity index (χ0n) is 11.4. The first-order valence-electron chi connectivity index (χ1n) is 6.14. The van der Waals surface area contributed by atoms with E-state index in [4.69, 9.17) is 10.5 Å². The molecule has 1 rings (SSSR count). The van der Waals surface area contributed by atoms with E-state index in [1.54, 1.807) is 6.92 Å². The SMILES string of the molecule is CC(C)=CCCC1(C)C(C#N)C(=O)NC(=O)C1C#N. The van der Waals surface area contributed by atoms with Gasteiger partial charge in [-0.25, -0.2) is 0 Å². The first kappa shape index (κ1) is 14.9. The first-order chi connectivity index (χ1) is 8.86. The van der Waals surface area contributed by atoms with Crippen LogP contribution in [0.5, 0.6) is 0 Å². The highest BCUT2D eigenvalue weighted by Gasteiger charge is 2.52. The fourth-order valence-electron chi connectivity index (χ4n) is 2.40. The molecule has 0 aromatic heterocycles. The van der Waals surface area contributed by atoms with Crippen LogP contribution in [0.15, 0.2) is 11.6 Å². The summed E-state index contributed by atoms with van der Waals surface area (Å²) in [6.45, 7) is 5.57. The number of nitrogens with zero attached hydrogens (tertiary/aromatic N) is 2. The summed E-state index contributed by atoms with van der Waals surface area (Å²) in [5.74, 6) is -3.14. The number of hydrogen-bond acceptors (Lipinski definition) is 4. The third kappa shape index (κ3) is 2.82. The predicted octanol–water partition coefficient (Wildman–Crippen LogP) is 1.68. The van der Waals surface area contributed by atoms with Gasteiger partial charge in [0.05, 0.1) is 12.1 Å². The molecule has 1 aliphatic heterocycles. The second-order valence-electron chi connectivity index (χ2n) is 5.30. The van der Waals surface area contributed by atoms with E-state index in [1.807, 2.05) is 32.1 Å². The number of nitriles is 2. The Morgan fingerprint density at radius 1 is 1.26 bits per heavy atom. The van der Waals surface area contributed by atoms with Crippen molar-refractivity contribution < 1.29 is 9.59 Å². The Kier molecular flexibility index (Phi) is 4.45. The predicted molar refractivity (Wildman–Crippen MR) is 68.1 cm³/mol. The lowest BCUT2D eigenvalue weighted by Gasteiger charge is -2.39. The molecule has 0 spiro atoms. The van der Waals surface area contributed by atoms with E-state index in [-0.39, 0.29) is 0 Å². The summed E-state index contributed by atoms with van der Waals surface area (Å²) < 4.78 is 0. The number of piperidine rings is 1. The molecule has 5 heteroatoms. The van der Waals surface area contributed by atoms with Gasteiger partial charge in [-0.15, -0.1) is 0 Å². The van der Waals surface area contributed by atoms with Crippen LogP contribution in [0.1, 0.15) is 33.6 Å². The maximum absolute atomic E-state index is 11.7. The van der Waals surface area contributed by atoms with Crippen LogP contribution in [-0.4, -0.2) is 11.8 Å². The lowest BCUT2D eigenvalue weighted by Crippen LogP contribution is -2.56. The van der Waals surface area contributed by atoms with Gasteiger partial charge in [0, 0.05) is 5.41 Å². The lowest BCUT2D eigenvalue weighted by molar-refractivity contribution is -0.144. The fourth-order valence-corrected chi connectivity index (χ4v) is 2.40. The van der Waals surface area contributed by atoms with Gasteiger partial charge in [0.2, 0.25) is 11.8 Å². The van der Waals surface area contributed by atoms with Crippen molar-refractivity contribution in [1.29, 1.82) is 10.5 Å². The Morgan fingerprint density at radius 3 is 2.11 bits per heavy atom. The number of nitrogens with one attached hydrogen (secondary N) is 1. The molecule has 0 saturated carbocycles. The summed E-state index contributed by atoms with van der Waals surface area (Å²) in [6, 6.07) is 3.86. The molecule has 100 valence electrons. The van der Waals surface area contributed by atoms with Crippen molar-refractivity contribution in [3.05, 3.63) is 11.6 Å². The monoisotopic (exact) mass is 259 g/mol. The van der Waals surface area contributed by atoms with E-state index in [1.165, 1.54) is 0 Å². The van der Waals surface area contributed by atoms with E-state index in [9.17, 15) is 9.59 Å². The quantitative estimate of drug-likeness (QED) is 0.616. The molecule has 1 heterocycles. The van der Waals surface area contributed by atoms with Crippen LogP contribution in [0.25, 0.3) is 0 Å². The summed E-state index contributed by atoms with van der Waals surface area (Å²) in [4.78, 5) is 23.5. The molecule has 0 aromatic rings. The first-order valence-corrected chi connectivity index (χ1v) is 6.14. The summed E-state index contributed by atoms with van der Waals surface area (Å²) >= 11 is 0. The van der Waals surface area contributed by atoms with Gasteiger partial charge in [0.15, 0.2) is 0 Å². The highest BCUT2D eigenvalue weighted by molar-refractivity contribution is 6.03. The number of rotatable bonds is 3. The summed E-state index contributed by atoms with van der Waals surface area (Å²) in [5, 5.41) is 20.4. The van der Waals surface area contributed by atoms with Gasteiger partial charge in [-0.1, -0.05) is 18.6 Å². The van der Waals surface area contributed by atoms with Gasteiger partial charge in [-0.3, -0.25) is 14.9 Å². The molecule has 1 saturated heterocycles. The van der Waals surface area contributed by atoms with Crippen molar-refractivity contribution >= 4 is 11.8 Å². The van der Waals surface area contributed by atoms with Crippen molar-refractivity contribution in [1.82, 2.24) is 5.32 Å². The largest absolute Gasteiger partial charge is 0.294 e. The molecule has 1 N–H and O–H groups in total. The van der Waals surface area contributed by atoms with Gasteiger partial charge in [0.25, 0.3) is 0 Å². The number of allylic oxidation sites excluding steroid dienone is 2. The van der Waals surface area contributed by atoms with Crippen LogP contribution in [0, 0.1) is 39.9 Å². The van der Waals surface area contributed by atoms with E-state index in [0.717, 1.165) is 5.57 Å². The highest BCUT2D eigenvalue weighted by atomic mass is 16.2. The molecule has 5 nitrogen and oxygen atoms in total. The van der Waals surface area contributed by atoms with Gasteiger partial charge in [-0.2, -0.15) is 10.5 Å². The van der Waals surface area contributed by atoms with Crippen LogP contribution < -0.4 is 5.32 Å². The van der Waals surface area contributed by atoms with Crippen molar-refractivity contribution in [2.75, 3.05) is 0 Å². The van der Waals surface area contributed by atoms with E-state index in [2.05, 4.69) is 5.32 Å². The molecule has 0 radical (unpaired) electrons. The van der Waals surface area contributed by atoms with Gasteiger partial charge in [-0.05, 0) is 26.7 Å². The fraction of sp³-hybridized carbons (Fsp3) is 0.571.